The SMILES string of the molecule is CC1Cc2c(cccc2-c2cc(N)n[nH]2)O1. The van der Waals surface area contributed by atoms with Crippen molar-refractivity contribution in [3.8, 4) is 17.0 Å². The van der Waals surface area contributed by atoms with E-state index in [1.54, 1.807) is 0 Å². The van der Waals surface area contributed by atoms with Crippen molar-refractivity contribution in [1.82, 2.24) is 10.2 Å². The number of nitrogens with zero attached hydrogens (tertiary/aromatic N) is 1. The first-order valence-corrected chi connectivity index (χ1v) is 5.34. The van der Waals surface area contributed by atoms with Crippen molar-refractivity contribution < 1.29 is 4.74 Å². The highest BCUT2D eigenvalue weighted by atomic mass is 16.5. The zero-order valence-electron chi connectivity index (χ0n) is 9.03. The number of fused-ring (bicyclic) bond motifs is 1. The van der Waals surface area contributed by atoms with Crippen LogP contribution in [0.1, 0.15) is 12.5 Å². The summed E-state index contributed by atoms with van der Waals surface area (Å²) in [4.78, 5) is 0. The van der Waals surface area contributed by atoms with E-state index >= 15 is 0 Å². The number of anilines is 1. The first-order chi connectivity index (χ1) is 7.74. The zero-order valence-corrected chi connectivity index (χ0v) is 9.03. The molecule has 2 aromatic rings. The molecule has 0 amide bonds. The zero-order chi connectivity index (χ0) is 11.1. The van der Waals surface area contributed by atoms with E-state index in [0.29, 0.717) is 5.82 Å². The quantitative estimate of drug-likeness (QED) is 0.764. The summed E-state index contributed by atoms with van der Waals surface area (Å²) in [5, 5.41) is 6.89. The van der Waals surface area contributed by atoms with Gasteiger partial charge in [0.2, 0.25) is 0 Å². The summed E-state index contributed by atoms with van der Waals surface area (Å²) in [7, 11) is 0. The van der Waals surface area contributed by atoms with Crippen LogP contribution in [0.5, 0.6) is 5.75 Å². The number of nitrogen functional groups attached to an aromatic ring is 1. The molecule has 4 heteroatoms. The molecule has 0 spiro atoms. The highest BCUT2D eigenvalue weighted by Gasteiger charge is 2.22. The Labute approximate surface area is 93.4 Å². The van der Waals surface area contributed by atoms with Crippen molar-refractivity contribution in [2.75, 3.05) is 5.73 Å². The molecule has 16 heavy (non-hydrogen) atoms. The molecular formula is C12H13N3O. The maximum atomic E-state index is 5.71. The highest BCUT2D eigenvalue weighted by molar-refractivity contribution is 5.69. The smallest absolute Gasteiger partial charge is 0.145 e. The van der Waals surface area contributed by atoms with Gasteiger partial charge in [-0.1, -0.05) is 12.1 Å². The number of aromatic amines is 1. The lowest BCUT2D eigenvalue weighted by molar-refractivity contribution is 0.254. The Kier molecular flexibility index (Phi) is 1.89. The number of aromatic nitrogens is 2. The van der Waals surface area contributed by atoms with Gasteiger partial charge in [-0.05, 0) is 13.0 Å². The van der Waals surface area contributed by atoms with Crippen molar-refractivity contribution in [2.24, 2.45) is 0 Å². The third-order valence-corrected chi connectivity index (χ3v) is 2.84. The number of ether oxygens (including phenoxy) is 1. The molecule has 4 nitrogen and oxygen atoms in total. The van der Waals surface area contributed by atoms with E-state index in [9.17, 15) is 0 Å². The second-order valence-corrected chi connectivity index (χ2v) is 4.12. The Morgan fingerprint density at radius 1 is 1.50 bits per heavy atom. The number of nitrogens with one attached hydrogen (secondary N) is 1. The van der Waals surface area contributed by atoms with E-state index in [-0.39, 0.29) is 6.10 Å². The number of nitrogens with two attached hydrogens (primary N) is 1. The molecule has 82 valence electrons. The molecule has 0 fully saturated rings. The van der Waals surface area contributed by atoms with Crippen molar-refractivity contribution >= 4 is 5.82 Å². The standard InChI is InChI=1S/C12H13N3O/c1-7-5-9-8(3-2-4-11(9)16-7)10-6-12(13)15-14-10/h2-4,6-7H,5H2,1H3,(H3,13,14,15). The van der Waals surface area contributed by atoms with Crippen LogP contribution in [0, 0.1) is 0 Å². The maximum Gasteiger partial charge on any atom is 0.145 e. The number of benzene rings is 1. The predicted octanol–water partition coefficient (Wildman–Crippen LogP) is 1.98. The van der Waals surface area contributed by atoms with E-state index in [1.165, 1.54) is 5.56 Å². The monoisotopic (exact) mass is 215 g/mol. The van der Waals surface area contributed by atoms with Crippen LogP contribution in [-0.4, -0.2) is 16.3 Å². The van der Waals surface area contributed by atoms with Gasteiger partial charge in [-0.15, -0.1) is 0 Å². The minimum Gasteiger partial charge on any atom is -0.490 e. The first kappa shape index (κ1) is 9.27. The van der Waals surface area contributed by atoms with Gasteiger partial charge in [0.1, 0.15) is 17.7 Å². The Morgan fingerprint density at radius 2 is 2.38 bits per heavy atom. The topological polar surface area (TPSA) is 63.9 Å². The maximum absolute atomic E-state index is 5.71. The van der Waals surface area contributed by atoms with E-state index in [4.69, 9.17) is 10.5 Å². The van der Waals surface area contributed by atoms with Crippen molar-refractivity contribution in [3.63, 3.8) is 0 Å². The Hall–Kier alpha value is -1.97. The van der Waals surface area contributed by atoms with Gasteiger partial charge in [0.15, 0.2) is 0 Å². The fourth-order valence-electron chi connectivity index (χ4n) is 2.16. The molecule has 0 radical (unpaired) electrons. The van der Waals surface area contributed by atoms with Gasteiger partial charge in [-0.2, -0.15) is 5.10 Å². The number of hydrogen-bond donors (Lipinski definition) is 2. The van der Waals surface area contributed by atoms with Gasteiger partial charge in [-0.25, -0.2) is 0 Å². The van der Waals surface area contributed by atoms with Gasteiger partial charge >= 0.3 is 0 Å². The van der Waals surface area contributed by atoms with Gasteiger partial charge in [-0.3, -0.25) is 5.10 Å². The van der Waals surface area contributed by atoms with E-state index < -0.39 is 0 Å². The van der Waals surface area contributed by atoms with Crippen LogP contribution < -0.4 is 10.5 Å². The molecular weight excluding hydrogens is 202 g/mol. The Balaban J connectivity index is 2.13. The van der Waals surface area contributed by atoms with Crippen LogP contribution in [0.3, 0.4) is 0 Å². The molecule has 0 saturated carbocycles. The Morgan fingerprint density at radius 3 is 3.12 bits per heavy atom. The highest BCUT2D eigenvalue weighted by Crippen LogP contribution is 2.36. The molecule has 1 aliphatic heterocycles. The molecule has 2 heterocycles. The van der Waals surface area contributed by atoms with Gasteiger partial charge in [0.25, 0.3) is 0 Å². The summed E-state index contributed by atoms with van der Waals surface area (Å²) in [6.07, 6.45) is 1.18. The minimum atomic E-state index is 0.247. The normalized spacial score (nSPS) is 18.2. The van der Waals surface area contributed by atoms with Crippen LogP contribution in [0.2, 0.25) is 0 Å². The van der Waals surface area contributed by atoms with Crippen molar-refractivity contribution in [3.05, 3.63) is 29.8 Å². The molecule has 0 saturated heterocycles. The van der Waals surface area contributed by atoms with Crippen LogP contribution in [-0.2, 0) is 6.42 Å². The summed E-state index contributed by atoms with van der Waals surface area (Å²) in [6.45, 7) is 2.07. The number of hydrogen-bond acceptors (Lipinski definition) is 3. The molecule has 3 rings (SSSR count). The summed E-state index contributed by atoms with van der Waals surface area (Å²) >= 11 is 0. The lowest BCUT2D eigenvalue weighted by Gasteiger charge is -2.03. The minimum absolute atomic E-state index is 0.247. The molecule has 1 aromatic heterocycles. The molecule has 3 N–H and O–H groups in total. The molecule has 1 atom stereocenters. The summed E-state index contributed by atoms with van der Waals surface area (Å²) in [5.41, 5.74) is 8.93. The van der Waals surface area contributed by atoms with Crippen LogP contribution in [0.15, 0.2) is 24.3 Å². The number of H-pyrrole nitrogens is 1. The van der Waals surface area contributed by atoms with E-state index in [0.717, 1.165) is 23.4 Å². The average Bonchev–Trinajstić information content (AvgIpc) is 2.82. The molecule has 1 aliphatic rings. The Bertz CT molecular complexity index is 533. The van der Waals surface area contributed by atoms with Gasteiger partial charge in [0.05, 0.1) is 5.69 Å². The fraction of sp³-hybridized carbons (Fsp3) is 0.250. The van der Waals surface area contributed by atoms with Gasteiger partial charge < -0.3 is 10.5 Å². The molecule has 0 aliphatic carbocycles. The number of rotatable bonds is 1. The lowest BCUT2D eigenvalue weighted by Crippen LogP contribution is -2.05. The van der Waals surface area contributed by atoms with Crippen LogP contribution in [0.25, 0.3) is 11.3 Å². The largest absolute Gasteiger partial charge is 0.490 e. The molecule has 0 bridgehead atoms. The van der Waals surface area contributed by atoms with E-state index in [2.05, 4.69) is 23.2 Å². The first-order valence-electron chi connectivity index (χ1n) is 5.34. The third kappa shape index (κ3) is 1.34. The summed E-state index contributed by atoms with van der Waals surface area (Å²) < 4.78 is 5.71. The summed E-state index contributed by atoms with van der Waals surface area (Å²) in [6, 6.07) is 7.90. The van der Waals surface area contributed by atoms with Gasteiger partial charge in [0, 0.05) is 23.6 Å². The van der Waals surface area contributed by atoms with E-state index in [1.807, 2.05) is 18.2 Å². The molecule has 1 unspecified atom stereocenters. The summed E-state index contributed by atoms with van der Waals surface area (Å²) in [5.74, 6) is 1.48. The fourth-order valence-corrected chi connectivity index (χ4v) is 2.16. The molecule has 1 aromatic carbocycles. The van der Waals surface area contributed by atoms with Crippen molar-refractivity contribution in [1.29, 1.82) is 0 Å². The van der Waals surface area contributed by atoms with Crippen LogP contribution >= 0.6 is 0 Å². The van der Waals surface area contributed by atoms with Crippen molar-refractivity contribution in [2.45, 2.75) is 19.4 Å². The van der Waals surface area contributed by atoms with Crippen LogP contribution in [0.4, 0.5) is 5.82 Å². The predicted molar refractivity (Wildman–Crippen MR) is 62.2 cm³/mol. The third-order valence-electron chi connectivity index (χ3n) is 2.84. The average molecular weight is 215 g/mol. The second kappa shape index (κ2) is 3.27. The lowest BCUT2D eigenvalue weighted by atomic mass is 10.0. The second-order valence-electron chi connectivity index (χ2n) is 4.12.